The molecule has 1 unspecified atom stereocenters. The van der Waals surface area contributed by atoms with E-state index in [1.165, 1.54) is 36.1 Å². The molecule has 0 saturated heterocycles. The van der Waals surface area contributed by atoms with Crippen LogP contribution in [0, 0.1) is 0 Å². The summed E-state index contributed by atoms with van der Waals surface area (Å²) < 4.78 is 2.08. The van der Waals surface area contributed by atoms with Crippen molar-refractivity contribution >= 4 is 27.6 Å². The van der Waals surface area contributed by atoms with E-state index in [-0.39, 0.29) is 6.04 Å². The van der Waals surface area contributed by atoms with Gasteiger partial charge in [0.2, 0.25) is 0 Å². The largest absolute Gasteiger partial charge is 0.323 e. The second-order valence-corrected chi connectivity index (χ2v) is 7.48. The molecule has 3 heterocycles. The van der Waals surface area contributed by atoms with Crippen LogP contribution in [0.1, 0.15) is 39.9 Å². The quantitative estimate of drug-likeness (QED) is 0.803. The minimum atomic E-state index is 0.0789. The Balaban J connectivity index is 1.56. The Morgan fingerprint density at radius 1 is 1.35 bits per heavy atom. The molecule has 0 saturated carbocycles. The zero-order valence-corrected chi connectivity index (χ0v) is 12.8. The smallest absolute Gasteiger partial charge is 0.193 e. The summed E-state index contributed by atoms with van der Waals surface area (Å²) in [5.74, 6) is 0. The maximum Gasteiger partial charge on any atom is 0.193 e. The Kier molecular flexibility index (Phi) is 3.13. The van der Waals surface area contributed by atoms with E-state index >= 15 is 0 Å². The van der Waals surface area contributed by atoms with Gasteiger partial charge in [0.05, 0.1) is 5.69 Å². The van der Waals surface area contributed by atoms with Gasteiger partial charge in [-0.2, -0.15) is 0 Å². The molecular weight excluding hydrogens is 286 g/mol. The molecule has 0 fully saturated rings. The van der Waals surface area contributed by atoms with Crippen LogP contribution in [-0.4, -0.2) is 9.38 Å². The van der Waals surface area contributed by atoms with Crippen molar-refractivity contribution in [1.82, 2.24) is 9.38 Å². The van der Waals surface area contributed by atoms with Gasteiger partial charge in [-0.1, -0.05) is 0 Å². The number of aromatic nitrogens is 2. The lowest BCUT2D eigenvalue weighted by molar-refractivity contribution is 0.694. The van der Waals surface area contributed by atoms with E-state index in [1.54, 1.807) is 16.2 Å². The van der Waals surface area contributed by atoms with Gasteiger partial charge < -0.3 is 5.73 Å². The first-order valence-corrected chi connectivity index (χ1v) is 8.77. The first kappa shape index (κ1) is 12.6. The average molecular weight is 303 g/mol. The van der Waals surface area contributed by atoms with Crippen LogP contribution < -0.4 is 5.73 Å². The monoisotopic (exact) mass is 303 g/mol. The predicted molar refractivity (Wildman–Crippen MR) is 84.7 cm³/mol. The Morgan fingerprint density at radius 2 is 2.25 bits per heavy atom. The standard InChI is InChI=1S/C15H17N3S2/c16-12(8-11-9-18-5-6-19-15(18)17-11)14-7-10-3-1-2-4-13(10)20-14/h5-7,9,12H,1-4,8,16H2. The summed E-state index contributed by atoms with van der Waals surface area (Å²) in [5.41, 5.74) is 9.03. The van der Waals surface area contributed by atoms with Crippen LogP contribution >= 0.6 is 22.7 Å². The van der Waals surface area contributed by atoms with E-state index < -0.39 is 0 Å². The van der Waals surface area contributed by atoms with Gasteiger partial charge in [-0.25, -0.2) is 4.98 Å². The number of nitrogens with two attached hydrogens (primary N) is 1. The van der Waals surface area contributed by atoms with Crippen LogP contribution in [0.5, 0.6) is 0 Å². The topological polar surface area (TPSA) is 43.3 Å². The maximum absolute atomic E-state index is 6.39. The molecule has 0 spiro atoms. The second kappa shape index (κ2) is 4.98. The fraction of sp³-hybridized carbons (Fsp3) is 0.400. The van der Waals surface area contributed by atoms with E-state index in [2.05, 4.69) is 27.0 Å². The van der Waals surface area contributed by atoms with E-state index in [4.69, 9.17) is 5.73 Å². The van der Waals surface area contributed by atoms with Gasteiger partial charge in [0.1, 0.15) is 0 Å². The molecule has 0 aromatic carbocycles. The van der Waals surface area contributed by atoms with E-state index in [0.717, 1.165) is 17.1 Å². The van der Waals surface area contributed by atoms with Crippen molar-refractivity contribution < 1.29 is 0 Å². The van der Waals surface area contributed by atoms with Crippen LogP contribution in [0.15, 0.2) is 23.8 Å². The number of fused-ring (bicyclic) bond motifs is 2. The lowest BCUT2D eigenvalue weighted by atomic mass is 9.98. The van der Waals surface area contributed by atoms with Gasteiger partial charge in [-0.05, 0) is 37.3 Å². The molecular formula is C15H17N3S2. The number of nitrogens with zero attached hydrogens (tertiary/aromatic N) is 2. The molecule has 2 N–H and O–H groups in total. The van der Waals surface area contributed by atoms with E-state index in [9.17, 15) is 0 Å². The normalized spacial score (nSPS) is 16.4. The summed E-state index contributed by atoms with van der Waals surface area (Å²) in [4.78, 5) is 8.57. The molecule has 0 amide bonds. The Hall–Kier alpha value is -1.17. The number of hydrogen-bond acceptors (Lipinski definition) is 4. The van der Waals surface area contributed by atoms with Gasteiger partial charge in [0, 0.05) is 40.0 Å². The van der Waals surface area contributed by atoms with Crippen molar-refractivity contribution in [3.8, 4) is 0 Å². The second-order valence-electron chi connectivity index (χ2n) is 5.44. The summed E-state index contributed by atoms with van der Waals surface area (Å²) in [7, 11) is 0. The summed E-state index contributed by atoms with van der Waals surface area (Å²) in [6.07, 6.45) is 10.1. The molecule has 0 aliphatic heterocycles. The van der Waals surface area contributed by atoms with Crippen molar-refractivity contribution in [1.29, 1.82) is 0 Å². The van der Waals surface area contributed by atoms with Crippen molar-refractivity contribution in [3.05, 3.63) is 44.9 Å². The van der Waals surface area contributed by atoms with E-state index in [0.29, 0.717) is 0 Å². The highest BCUT2D eigenvalue weighted by Gasteiger charge is 2.18. The first-order valence-electron chi connectivity index (χ1n) is 7.08. The highest BCUT2D eigenvalue weighted by Crippen LogP contribution is 2.33. The van der Waals surface area contributed by atoms with Crippen LogP contribution in [-0.2, 0) is 19.3 Å². The van der Waals surface area contributed by atoms with Crippen LogP contribution in [0.3, 0.4) is 0 Å². The van der Waals surface area contributed by atoms with Crippen molar-refractivity contribution in [2.45, 2.75) is 38.1 Å². The van der Waals surface area contributed by atoms with Crippen molar-refractivity contribution in [2.75, 3.05) is 0 Å². The number of thiophene rings is 1. The summed E-state index contributed by atoms with van der Waals surface area (Å²) in [5, 5.41) is 2.05. The van der Waals surface area contributed by atoms with E-state index in [1.807, 2.05) is 17.5 Å². The number of thiazole rings is 1. The van der Waals surface area contributed by atoms with Crippen LogP contribution in [0.4, 0.5) is 0 Å². The summed E-state index contributed by atoms with van der Waals surface area (Å²) in [6.45, 7) is 0. The van der Waals surface area contributed by atoms with Gasteiger partial charge in [0.25, 0.3) is 0 Å². The third-order valence-electron chi connectivity index (χ3n) is 3.95. The Bertz CT molecular complexity index is 685. The molecule has 1 aliphatic rings. The number of hydrogen-bond donors (Lipinski definition) is 1. The lowest BCUT2D eigenvalue weighted by Gasteiger charge is -2.08. The molecule has 3 aromatic heterocycles. The molecule has 1 aliphatic carbocycles. The minimum absolute atomic E-state index is 0.0789. The third-order valence-corrected chi connectivity index (χ3v) is 6.09. The highest BCUT2D eigenvalue weighted by atomic mass is 32.1. The molecule has 3 nitrogen and oxygen atoms in total. The van der Waals surface area contributed by atoms with Crippen LogP contribution in [0.25, 0.3) is 4.96 Å². The summed E-state index contributed by atoms with van der Waals surface area (Å²) in [6, 6.07) is 2.41. The molecule has 20 heavy (non-hydrogen) atoms. The van der Waals surface area contributed by atoms with Gasteiger partial charge in [-0.3, -0.25) is 4.40 Å². The zero-order valence-electron chi connectivity index (χ0n) is 11.2. The number of aryl methyl sites for hydroxylation is 2. The highest BCUT2D eigenvalue weighted by molar-refractivity contribution is 7.15. The van der Waals surface area contributed by atoms with Crippen LogP contribution in [0.2, 0.25) is 0 Å². The third kappa shape index (κ3) is 2.20. The molecule has 1 atom stereocenters. The molecule has 3 aromatic rings. The first-order chi connectivity index (χ1) is 9.79. The fourth-order valence-electron chi connectivity index (χ4n) is 2.90. The molecule has 0 bridgehead atoms. The molecule has 0 radical (unpaired) electrons. The SMILES string of the molecule is NC(Cc1cn2ccsc2n1)c1cc2c(s1)CCCC2. The summed E-state index contributed by atoms with van der Waals surface area (Å²) >= 11 is 3.58. The number of rotatable bonds is 3. The zero-order chi connectivity index (χ0) is 13.5. The average Bonchev–Trinajstić information content (AvgIpc) is 3.10. The van der Waals surface area contributed by atoms with Gasteiger partial charge in [0.15, 0.2) is 4.96 Å². The lowest BCUT2D eigenvalue weighted by Crippen LogP contribution is -2.12. The van der Waals surface area contributed by atoms with Crippen molar-refractivity contribution in [3.63, 3.8) is 0 Å². The maximum atomic E-state index is 6.39. The van der Waals surface area contributed by atoms with Gasteiger partial charge in [-0.15, -0.1) is 22.7 Å². The Labute approximate surface area is 126 Å². The number of imidazole rings is 1. The fourth-order valence-corrected chi connectivity index (χ4v) is 4.87. The molecule has 5 heteroatoms. The predicted octanol–water partition coefficient (Wildman–Crippen LogP) is 3.58. The van der Waals surface area contributed by atoms with Crippen molar-refractivity contribution in [2.24, 2.45) is 5.73 Å². The van der Waals surface area contributed by atoms with Gasteiger partial charge >= 0.3 is 0 Å². The molecule has 4 rings (SSSR count). The minimum Gasteiger partial charge on any atom is -0.323 e. The molecule has 104 valence electrons. The Morgan fingerprint density at radius 3 is 3.10 bits per heavy atom.